The van der Waals surface area contributed by atoms with E-state index in [-0.39, 0.29) is 11.6 Å². The highest BCUT2D eigenvalue weighted by atomic mass is 19.4. The zero-order valence-electron chi connectivity index (χ0n) is 10.8. The summed E-state index contributed by atoms with van der Waals surface area (Å²) in [6.07, 6.45) is -3.75. The van der Waals surface area contributed by atoms with Crippen LogP contribution in [0.5, 0.6) is 0 Å². The number of piperidine rings is 1. The van der Waals surface area contributed by atoms with Crippen LogP contribution in [0.25, 0.3) is 0 Å². The molecule has 1 aromatic heterocycles. The van der Waals surface area contributed by atoms with Gasteiger partial charge in [0.1, 0.15) is 5.69 Å². The Morgan fingerprint density at radius 3 is 2.45 bits per heavy atom. The second-order valence-corrected chi connectivity index (χ2v) is 4.79. The molecule has 1 saturated heterocycles. The number of rotatable bonds is 2. The number of carboxylic acid groups (broad SMARTS) is 1. The molecule has 0 spiro atoms. The quantitative estimate of drug-likeness (QED) is 0.903. The molecule has 0 amide bonds. The lowest BCUT2D eigenvalue weighted by Crippen LogP contribution is -2.37. The minimum atomic E-state index is -4.51. The van der Waals surface area contributed by atoms with Crippen molar-refractivity contribution < 1.29 is 23.1 Å². The second-order valence-electron chi connectivity index (χ2n) is 4.79. The van der Waals surface area contributed by atoms with Gasteiger partial charge < -0.3 is 10.0 Å². The lowest BCUT2D eigenvalue weighted by molar-refractivity contribution is -0.142. The Morgan fingerprint density at radius 2 is 1.95 bits per heavy atom. The Morgan fingerprint density at radius 1 is 1.35 bits per heavy atom. The second kappa shape index (κ2) is 5.26. The van der Waals surface area contributed by atoms with Crippen LogP contribution in [0.15, 0.2) is 6.07 Å². The summed E-state index contributed by atoms with van der Waals surface area (Å²) in [5.41, 5.74) is -0.733. The molecule has 1 aromatic rings. The monoisotopic (exact) mass is 289 g/mol. The molecular formula is C12H14F3N3O2. The molecule has 0 unspecified atom stereocenters. The number of aryl methyl sites for hydroxylation is 1. The predicted octanol–water partition coefficient (Wildman–Crippen LogP) is 2.10. The Balaban J connectivity index is 2.18. The van der Waals surface area contributed by atoms with Gasteiger partial charge in [0.15, 0.2) is 0 Å². The van der Waals surface area contributed by atoms with E-state index >= 15 is 0 Å². The molecule has 1 aliphatic rings. The van der Waals surface area contributed by atoms with Crippen molar-refractivity contribution >= 4 is 11.9 Å². The largest absolute Gasteiger partial charge is 0.481 e. The maximum Gasteiger partial charge on any atom is 0.433 e. The van der Waals surface area contributed by atoms with E-state index in [1.807, 2.05) is 0 Å². The molecule has 8 heteroatoms. The predicted molar refractivity (Wildman–Crippen MR) is 64.3 cm³/mol. The first-order valence-electron chi connectivity index (χ1n) is 6.18. The summed E-state index contributed by atoms with van der Waals surface area (Å²) in [7, 11) is 0. The van der Waals surface area contributed by atoms with E-state index in [2.05, 4.69) is 9.97 Å². The highest BCUT2D eigenvalue weighted by Crippen LogP contribution is 2.30. The third-order valence-corrected chi connectivity index (χ3v) is 3.26. The van der Waals surface area contributed by atoms with Crippen LogP contribution in [-0.2, 0) is 11.0 Å². The lowest BCUT2D eigenvalue weighted by Gasteiger charge is -2.30. The van der Waals surface area contributed by atoms with Crippen molar-refractivity contribution in [1.29, 1.82) is 0 Å². The Labute approximate surface area is 113 Å². The van der Waals surface area contributed by atoms with Crippen LogP contribution >= 0.6 is 0 Å². The van der Waals surface area contributed by atoms with Crippen LogP contribution in [-0.4, -0.2) is 34.1 Å². The number of halogens is 3. The normalized spacial score (nSPS) is 17.3. The minimum Gasteiger partial charge on any atom is -0.481 e. The highest BCUT2D eigenvalue weighted by Gasteiger charge is 2.34. The summed E-state index contributed by atoms with van der Waals surface area (Å²) in [6.45, 7) is 2.17. The molecule has 0 saturated carbocycles. The van der Waals surface area contributed by atoms with E-state index in [9.17, 15) is 18.0 Å². The van der Waals surface area contributed by atoms with Gasteiger partial charge in [-0.15, -0.1) is 0 Å². The van der Waals surface area contributed by atoms with Gasteiger partial charge in [-0.1, -0.05) is 0 Å². The summed E-state index contributed by atoms with van der Waals surface area (Å²) in [6, 6.07) is 0.896. The van der Waals surface area contributed by atoms with Gasteiger partial charge in [-0.05, 0) is 25.8 Å². The molecule has 0 bridgehead atoms. The van der Waals surface area contributed by atoms with Crippen molar-refractivity contribution in [2.24, 2.45) is 5.92 Å². The first kappa shape index (κ1) is 14.5. The van der Waals surface area contributed by atoms with Crippen molar-refractivity contribution in [2.75, 3.05) is 18.0 Å². The average Bonchev–Trinajstić information content (AvgIpc) is 2.37. The number of carbonyl (C=O) groups is 1. The summed E-state index contributed by atoms with van der Waals surface area (Å²) < 4.78 is 38.1. The molecule has 110 valence electrons. The zero-order valence-corrected chi connectivity index (χ0v) is 10.8. The van der Waals surface area contributed by atoms with E-state index in [0.29, 0.717) is 25.9 Å². The van der Waals surface area contributed by atoms with Crippen molar-refractivity contribution in [3.63, 3.8) is 0 Å². The molecule has 2 rings (SSSR count). The first-order chi connectivity index (χ1) is 9.27. The van der Waals surface area contributed by atoms with Gasteiger partial charge >= 0.3 is 12.1 Å². The summed E-state index contributed by atoms with van der Waals surface area (Å²) in [5, 5.41) is 8.89. The number of aromatic nitrogens is 2. The van der Waals surface area contributed by atoms with Crippen molar-refractivity contribution in [1.82, 2.24) is 9.97 Å². The average molecular weight is 289 g/mol. The van der Waals surface area contributed by atoms with Gasteiger partial charge in [0.25, 0.3) is 0 Å². The smallest absolute Gasteiger partial charge is 0.433 e. The van der Waals surface area contributed by atoms with Crippen LogP contribution in [0, 0.1) is 12.8 Å². The van der Waals surface area contributed by atoms with Crippen LogP contribution in [0.3, 0.4) is 0 Å². The fourth-order valence-corrected chi connectivity index (χ4v) is 2.17. The maximum atomic E-state index is 12.7. The van der Waals surface area contributed by atoms with Crippen LogP contribution in [0.2, 0.25) is 0 Å². The number of hydrogen-bond acceptors (Lipinski definition) is 4. The Bertz CT molecular complexity index is 511. The van der Waals surface area contributed by atoms with Gasteiger partial charge in [0.05, 0.1) is 5.92 Å². The topological polar surface area (TPSA) is 66.3 Å². The molecule has 0 atom stereocenters. The van der Waals surface area contributed by atoms with E-state index in [4.69, 9.17) is 5.11 Å². The standard InChI is InChI=1S/C12H14F3N3O2/c1-7-6-9(12(13,14)15)17-11(16-7)18-4-2-8(3-5-18)10(19)20/h6,8H,2-5H2,1H3,(H,19,20). The molecule has 0 aromatic carbocycles. The number of hydrogen-bond donors (Lipinski definition) is 1. The highest BCUT2D eigenvalue weighted by molar-refractivity contribution is 5.70. The number of alkyl halides is 3. The summed E-state index contributed by atoms with van der Waals surface area (Å²) >= 11 is 0. The molecule has 0 radical (unpaired) electrons. The summed E-state index contributed by atoms with van der Waals surface area (Å²) in [5.74, 6) is -1.30. The fourth-order valence-electron chi connectivity index (χ4n) is 2.17. The molecule has 2 heterocycles. The van der Waals surface area contributed by atoms with Gasteiger partial charge in [-0.2, -0.15) is 13.2 Å². The molecule has 1 aliphatic heterocycles. The molecule has 0 aliphatic carbocycles. The van der Waals surface area contributed by atoms with Gasteiger partial charge in [-0.25, -0.2) is 9.97 Å². The Hall–Kier alpha value is -1.86. The van der Waals surface area contributed by atoms with Gasteiger partial charge in [-0.3, -0.25) is 4.79 Å². The summed E-state index contributed by atoms with van der Waals surface area (Å²) in [4.78, 5) is 20.0. The van der Waals surface area contributed by atoms with Crippen LogP contribution in [0.4, 0.5) is 19.1 Å². The first-order valence-corrected chi connectivity index (χ1v) is 6.18. The third-order valence-electron chi connectivity index (χ3n) is 3.26. The van der Waals surface area contributed by atoms with E-state index in [0.717, 1.165) is 6.07 Å². The SMILES string of the molecule is Cc1cc(C(F)(F)F)nc(N2CCC(C(=O)O)CC2)n1. The number of nitrogens with zero attached hydrogens (tertiary/aromatic N) is 3. The maximum absolute atomic E-state index is 12.7. The minimum absolute atomic E-state index is 0.0150. The zero-order chi connectivity index (χ0) is 14.9. The molecule has 5 nitrogen and oxygen atoms in total. The Kier molecular flexibility index (Phi) is 3.82. The van der Waals surface area contributed by atoms with Crippen LogP contribution < -0.4 is 4.90 Å². The fraction of sp³-hybridized carbons (Fsp3) is 0.583. The van der Waals surface area contributed by atoms with Gasteiger partial charge in [0.2, 0.25) is 5.95 Å². The molecule has 20 heavy (non-hydrogen) atoms. The van der Waals surface area contributed by atoms with Crippen molar-refractivity contribution in [2.45, 2.75) is 25.9 Å². The van der Waals surface area contributed by atoms with Crippen molar-refractivity contribution in [3.8, 4) is 0 Å². The molecular weight excluding hydrogens is 275 g/mol. The van der Waals surface area contributed by atoms with E-state index in [1.54, 1.807) is 4.90 Å². The number of anilines is 1. The van der Waals surface area contributed by atoms with Crippen molar-refractivity contribution in [3.05, 3.63) is 17.5 Å². The lowest BCUT2D eigenvalue weighted by atomic mass is 9.97. The van der Waals surface area contributed by atoms with Crippen LogP contribution in [0.1, 0.15) is 24.2 Å². The molecule has 1 fully saturated rings. The third kappa shape index (κ3) is 3.17. The van der Waals surface area contributed by atoms with E-state index in [1.165, 1.54) is 6.92 Å². The number of aliphatic carboxylic acids is 1. The molecule has 1 N–H and O–H groups in total. The number of carboxylic acids is 1. The van der Waals surface area contributed by atoms with Gasteiger partial charge in [0, 0.05) is 18.8 Å². The van der Waals surface area contributed by atoms with E-state index < -0.39 is 23.8 Å².